The molecule has 3 rings (SSSR count). The lowest BCUT2D eigenvalue weighted by Gasteiger charge is -1.92. The molecular weight excluding hydrogens is 200 g/mol. The number of hydrogen-bond acceptors (Lipinski definition) is 3. The second-order valence-electron chi connectivity index (χ2n) is 3.57. The number of imidazole rings is 1. The molecule has 0 aliphatic heterocycles. The Balaban J connectivity index is 2.19. The average Bonchev–Trinajstić information content (AvgIpc) is 2.73. The molecule has 0 saturated heterocycles. The molecule has 0 spiro atoms. The molecule has 0 atom stereocenters. The number of benzene rings is 1. The Morgan fingerprint density at radius 3 is 2.69 bits per heavy atom. The third-order valence-electron chi connectivity index (χ3n) is 2.43. The van der Waals surface area contributed by atoms with Crippen molar-refractivity contribution in [1.82, 2.24) is 14.4 Å². The van der Waals surface area contributed by atoms with Crippen molar-refractivity contribution in [3.63, 3.8) is 0 Å². The topological polar surface area (TPSA) is 56.2 Å². The fourth-order valence-electron chi connectivity index (χ4n) is 1.66. The van der Waals surface area contributed by atoms with Gasteiger partial charge in [-0.3, -0.25) is 0 Å². The molecule has 1 aromatic carbocycles. The highest BCUT2D eigenvalue weighted by Crippen LogP contribution is 2.18. The molecule has 3 aromatic rings. The third kappa shape index (κ3) is 1.40. The summed E-state index contributed by atoms with van der Waals surface area (Å²) in [5, 5.41) is 0. The Morgan fingerprint density at radius 1 is 1.06 bits per heavy atom. The molecule has 0 radical (unpaired) electrons. The van der Waals surface area contributed by atoms with Gasteiger partial charge in [-0.1, -0.05) is 30.3 Å². The van der Waals surface area contributed by atoms with Crippen molar-refractivity contribution < 1.29 is 0 Å². The fourth-order valence-corrected chi connectivity index (χ4v) is 1.66. The zero-order valence-corrected chi connectivity index (χ0v) is 8.54. The lowest BCUT2D eigenvalue weighted by molar-refractivity contribution is 1.14. The zero-order chi connectivity index (χ0) is 11.0. The second-order valence-corrected chi connectivity index (χ2v) is 3.57. The van der Waals surface area contributed by atoms with Gasteiger partial charge in [-0.15, -0.1) is 0 Å². The Morgan fingerprint density at radius 2 is 1.88 bits per heavy atom. The predicted molar refractivity (Wildman–Crippen MR) is 62.8 cm³/mol. The molecule has 0 saturated carbocycles. The van der Waals surface area contributed by atoms with E-state index in [1.807, 2.05) is 40.9 Å². The highest BCUT2D eigenvalue weighted by molar-refractivity contribution is 5.62. The van der Waals surface area contributed by atoms with Crippen molar-refractivity contribution >= 4 is 11.5 Å². The molecule has 0 aliphatic carbocycles. The number of aromatic nitrogens is 3. The van der Waals surface area contributed by atoms with Crippen LogP contribution in [0.4, 0.5) is 5.82 Å². The zero-order valence-electron chi connectivity index (χ0n) is 8.54. The Kier molecular flexibility index (Phi) is 1.86. The maximum Gasteiger partial charge on any atom is 0.156 e. The van der Waals surface area contributed by atoms with Gasteiger partial charge in [0.05, 0.1) is 18.1 Å². The normalized spacial score (nSPS) is 10.8. The maximum absolute atomic E-state index is 5.61. The number of anilines is 1. The summed E-state index contributed by atoms with van der Waals surface area (Å²) in [5.74, 6) is 0.490. The van der Waals surface area contributed by atoms with Crippen molar-refractivity contribution in [2.45, 2.75) is 0 Å². The molecule has 2 heterocycles. The van der Waals surface area contributed by atoms with Gasteiger partial charge in [0.15, 0.2) is 5.65 Å². The van der Waals surface area contributed by atoms with E-state index < -0.39 is 0 Å². The highest BCUT2D eigenvalue weighted by atomic mass is 15.0. The summed E-state index contributed by atoms with van der Waals surface area (Å²) in [5.41, 5.74) is 8.42. The smallest absolute Gasteiger partial charge is 0.156 e. The quantitative estimate of drug-likeness (QED) is 0.668. The molecule has 0 aliphatic rings. The Labute approximate surface area is 92.4 Å². The van der Waals surface area contributed by atoms with Crippen LogP contribution in [0.15, 0.2) is 48.9 Å². The van der Waals surface area contributed by atoms with Crippen LogP contribution in [0.5, 0.6) is 0 Å². The van der Waals surface area contributed by atoms with Crippen LogP contribution in [-0.4, -0.2) is 14.4 Å². The lowest BCUT2D eigenvalue weighted by atomic mass is 10.2. The van der Waals surface area contributed by atoms with Gasteiger partial charge in [0.2, 0.25) is 0 Å². The molecule has 0 unspecified atom stereocenters. The van der Waals surface area contributed by atoms with E-state index in [9.17, 15) is 0 Å². The first-order chi connectivity index (χ1) is 7.83. The summed E-state index contributed by atoms with van der Waals surface area (Å²) in [6, 6.07) is 10.0. The van der Waals surface area contributed by atoms with Crippen LogP contribution >= 0.6 is 0 Å². The minimum atomic E-state index is 0.490. The fraction of sp³-hybridized carbons (Fsp3) is 0. The van der Waals surface area contributed by atoms with Gasteiger partial charge < -0.3 is 10.1 Å². The van der Waals surface area contributed by atoms with Gasteiger partial charge in [0, 0.05) is 11.8 Å². The van der Waals surface area contributed by atoms with Gasteiger partial charge in [0.25, 0.3) is 0 Å². The summed E-state index contributed by atoms with van der Waals surface area (Å²) in [7, 11) is 0. The Hall–Kier alpha value is -2.36. The molecule has 2 aromatic heterocycles. The van der Waals surface area contributed by atoms with E-state index in [-0.39, 0.29) is 0 Å². The van der Waals surface area contributed by atoms with Gasteiger partial charge in [-0.25, -0.2) is 9.97 Å². The SMILES string of the molecule is Nc1cn2cc(-c3ccccc3)nc2cn1. The number of nitrogen functional groups attached to an aromatic ring is 1. The van der Waals surface area contributed by atoms with Crippen molar-refractivity contribution in [1.29, 1.82) is 0 Å². The molecule has 78 valence electrons. The number of nitrogens with two attached hydrogens (primary N) is 1. The van der Waals surface area contributed by atoms with Crippen LogP contribution in [0.1, 0.15) is 0 Å². The van der Waals surface area contributed by atoms with Crippen molar-refractivity contribution in [3.05, 3.63) is 48.9 Å². The number of hydrogen-bond donors (Lipinski definition) is 1. The van der Waals surface area contributed by atoms with Crippen molar-refractivity contribution in [2.75, 3.05) is 5.73 Å². The standard InChI is InChI=1S/C12H10N4/c13-11-8-16-7-10(15-12(16)6-14-11)9-4-2-1-3-5-9/h1-8H,13H2. The maximum atomic E-state index is 5.61. The van der Waals surface area contributed by atoms with E-state index in [1.165, 1.54) is 0 Å². The van der Waals surface area contributed by atoms with E-state index in [4.69, 9.17) is 5.73 Å². The summed E-state index contributed by atoms with van der Waals surface area (Å²) in [6.07, 6.45) is 5.37. The van der Waals surface area contributed by atoms with Crippen molar-refractivity contribution in [3.8, 4) is 11.3 Å². The van der Waals surface area contributed by atoms with Crippen LogP contribution in [0, 0.1) is 0 Å². The van der Waals surface area contributed by atoms with E-state index in [2.05, 4.69) is 9.97 Å². The summed E-state index contributed by atoms with van der Waals surface area (Å²) < 4.78 is 1.88. The summed E-state index contributed by atoms with van der Waals surface area (Å²) in [6.45, 7) is 0. The van der Waals surface area contributed by atoms with E-state index in [1.54, 1.807) is 12.4 Å². The molecule has 4 heteroatoms. The first kappa shape index (κ1) is 8.91. The van der Waals surface area contributed by atoms with E-state index >= 15 is 0 Å². The monoisotopic (exact) mass is 210 g/mol. The third-order valence-corrected chi connectivity index (χ3v) is 2.43. The minimum Gasteiger partial charge on any atom is -0.382 e. The molecule has 4 nitrogen and oxygen atoms in total. The molecule has 0 fully saturated rings. The largest absolute Gasteiger partial charge is 0.382 e. The van der Waals surface area contributed by atoms with Crippen LogP contribution in [0.3, 0.4) is 0 Å². The number of rotatable bonds is 1. The minimum absolute atomic E-state index is 0.490. The van der Waals surface area contributed by atoms with Gasteiger partial charge in [-0.2, -0.15) is 0 Å². The molecule has 2 N–H and O–H groups in total. The first-order valence-electron chi connectivity index (χ1n) is 4.98. The van der Waals surface area contributed by atoms with Gasteiger partial charge in [-0.05, 0) is 0 Å². The second kappa shape index (κ2) is 3.34. The van der Waals surface area contributed by atoms with Crippen LogP contribution in [-0.2, 0) is 0 Å². The molecular formula is C12H10N4. The first-order valence-corrected chi connectivity index (χ1v) is 4.98. The van der Waals surface area contributed by atoms with Gasteiger partial charge in [0.1, 0.15) is 5.82 Å². The molecule has 0 amide bonds. The van der Waals surface area contributed by atoms with Crippen LogP contribution < -0.4 is 5.73 Å². The van der Waals surface area contributed by atoms with E-state index in [0.29, 0.717) is 5.82 Å². The van der Waals surface area contributed by atoms with E-state index in [0.717, 1.165) is 16.9 Å². The number of nitrogens with zero attached hydrogens (tertiary/aromatic N) is 3. The summed E-state index contributed by atoms with van der Waals surface area (Å²) >= 11 is 0. The van der Waals surface area contributed by atoms with Crippen LogP contribution in [0.25, 0.3) is 16.9 Å². The van der Waals surface area contributed by atoms with Crippen LogP contribution in [0.2, 0.25) is 0 Å². The molecule has 16 heavy (non-hydrogen) atoms. The summed E-state index contributed by atoms with van der Waals surface area (Å²) in [4.78, 5) is 8.48. The highest BCUT2D eigenvalue weighted by Gasteiger charge is 2.03. The number of fused-ring (bicyclic) bond motifs is 1. The van der Waals surface area contributed by atoms with Gasteiger partial charge >= 0.3 is 0 Å². The lowest BCUT2D eigenvalue weighted by Crippen LogP contribution is -1.92. The van der Waals surface area contributed by atoms with Crippen molar-refractivity contribution in [2.24, 2.45) is 0 Å². The molecule has 0 bridgehead atoms. The average molecular weight is 210 g/mol. The Bertz CT molecular complexity index is 628. The predicted octanol–water partition coefficient (Wildman–Crippen LogP) is 1.98.